The van der Waals surface area contributed by atoms with Crippen LogP contribution < -0.4 is 15.2 Å². The molecule has 21 heavy (non-hydrogen) atoms. The lowest BCUT2D eigenvalue weighted by atomic mass is 10.0. The van der Waals surface area contributed by atoms with Crippen LogP contribution in [0.1, 0.15) is 33.6 Å². The van der Waals surface area contributed by atoms with Crippen LogP contribution >= 0.6 is 24.0 Å². The van der Waals surface area contributed by atoms with Crippen molar-refractivity contribution in [2.24, 2.45) is 16.6 Å². The second-order valence-corrected chi connectivity index (χ2v) is 7.13. The van der Waals surface area contributed by atoms with Gasteiger partial charge in [-0.05, 0) is 32.6 Å². The van der Waals surface area contributed by atoms with Gasteiger partial charge in [-0.1, -0.05) is 6.92 Å². The maximum atomic E-state index is 11.5. The molecule has 1 rings (SSSR count). The number of guanidine groups is 1. The van der Waals surface area contributed by atoms with Crippen molar-refractivity contribution in [3.8, 4) is 0 Å². The summed E-state index contributed by atoms with van der Waals surface area (Å²) >= 11 is 0. The van der Waals surface area contributed by atoms with Gasteiger partial charge in [-0.25, -0.2) is 4.72 Å². The van der Waals surface area contributed by atoms with Crippen LogP contribution in [0.15, 0.2) is 4.99 Å². The van der Waals surface area contributed by atoms with Crippen molar-refractivity contribution in [3.63, 3.8) is 0 Å². The molecule has 0 aromatic rings. The summed E-state index contributed by atoms with van der Waals surface area (Å²) in [6, 6.07) is -0.129. The number of hydrogen-bond donors (Lipinski definition) is 3. The van der Waals surface area contributed by atoms with E-state index in [-0.39, 0.29) is 36.6 Å². The number of piperidine rings is 1. The summed E-state index contributed by atoms with van der Waals surface area (Å²) in [7, 11) is -3.44. The van der Waals surface area contributed by atoms with Gasteiger partial charge in [0, 0.05) is 25.7 Å². The lowest BCUT2D eigenvalue weighted by Crippen LogP contribution is -2.44. The number of nitrogens with zero attached hydrogens (tertiary/aromatic N) is 2. The van der Waals surface area contributed by atoms with E-state index in [9.17, 15) is 8.42 Å². The number of likely N-dealkylation sites (tertiary alicyclic amines) is 1. The van der Waals surface area contributed by atoms with Crippen LogP contribution in [0, 0.1) is 5.92 Å². The normalized spacial score (nSPS) is 20.5. The summed E-state index contributed by atoms with van der Waals surface area (Å²) in [6.45, 7) is 8.18. The molecule has 7 nitrogen and oxygen atoms in total. The standard InChI is InChI=1S/C12H27N5O2S.HI/c1-10(2)16-20(18,19)15-7-6-14-12(13)17-8-4-5-11(3)9-17;/h10-11,15-16H,4-9H2,1-3H3,(H2,13,14);1H. The Morgan fingerprint density at radius 1 is 1.48 bits per heavy atom. The van der Waals surface area contributed by atoms with Crippen molar-refractivity contribution < 1.29 is 8.42 Å². The van der Waals surface area contributed by atoms with Crippen molar-refractivity contribution in [2.45, 2.75) is 39.7 Å². The quantitative estimate of drug-likeness (QED) is 0.246. The molecule has 0 aromatic carbocycles. The Hall–Kier alpha value is -0.130. The maximum Gasteiger partial charge on any atom is 0.277 e. The van der Waals surface area contributed by atoms with E-state index in [2.05, 4.69) is 26.3 Å². The summed E-state index contributed by atoms with van der Waals surface area (Å²) in [5, 5.41) is 0. The molecule has 0 amide bonds. The zero-order valence-electron chi connectivity index (χ0n) is 13.0. The number of halogens is 1. The summed E-state index contributed by atoms with van der Waals surface area (Å²) in [5.41, 5.74) is 5.92. The Kier molecular flexibility index (Phi) is 9.74. The van der Waals surface area contributed by atoms with Gasteiger partial charge < -0.3 is 10.6 Å². The molecule has 0 aliphatic carbocycles. The third-order valence-corrected chi connectivity index (χ3v) is 4.42. The number of hydrogen-bond acceptors (Lipinski definition) is 3. The van der Waals surface area contributed by atoms with Gasteiger partial charge in [0.15, 0.2) is 5.96 Å². The van der Waals surface area contributed by atoms with E-state index in [1.165, 1.54) is 6.42 Å². The molecule has 1 aliphatic rings. The fourth-order valence-corrected chi connectivity index (χ4v) is 3.26. The Bertz CT molecular complexity index is 427. The average molecular weight is 433 g/mol. The van der Waals surface area contributed by atoms with Gasteiger partial charge in [0.1, 0.15) is 0 Å². The molecule has 0 spiro atoms. The fourth-order valence-electron chi connectivity index (χ4n) is 2.20. The first kappa shape index (κ1) is 20.9. The molecule has 1 aliphatic heterocycles. The first-order valence-corrected chi connectivity index (χ1v) is 8.60. The zero-order valence-corrected chi connectivity index (χ0v) is 16.1. The van der Waals surface area contributed by atoms with Crippen molar-refractivity contribution >= 4 is 40.1 Å². The fraction of sp³-hybridized carbons (Fsp3) is 0.917. The third kappa shape index (κ3) is 8.79. The summed E-state index contributed by atoms with van der Waals surface area (Å²) < 4.78 is 27.9. The van der Waals surface area contributed by atoms with Crippen LogP contribution in [0.5, 0.6) is 0 Å². The highest BCUT2D eigenvalue weighted by molar-refractivity contribution is 14.0. The highest BCUT2D eigenvalue weighted by Gasteiger charge is 2.17. The molecule has 0 bridgehead atoms. The van der Waals surface area contributed by atoms with Crippen LogP contribution in [0.3, 0.4) is 0 Å². The maximum absolute atomic E-state index is 11.5. The highest BCUT2D eigenvalue weighted by atomic mass is 127. The molecule has 9 heteroatoms. The zero-order chi connectivity index (χ0) is 15.2. The van der Waals surface area contributed by atoms with E-state index in [1.54, 1.807) is 13.8 Å². The SMILES string of the molecule is CC1CCCN(C(N)=NCCNS(=O)(=O)NC(C)C)C1.I. The van der Waals surface area contributed by atoms with Gasteiger partial charge in [-0.2, -0.15) is 13.1 Å². The molecular formula is C12H28IN5O2S. The van der Waals surface area contributed by atoms with E-state index in [0.717, 1.165) is 19.5 Å². The minimum Gasteiger partial charge on any atom is -0.370 e. The predicted molar refractivity (Wildman–Crippen MR) is 97.1 cm³/mol. The van der Waals surface area contributed by atoms with Crippen molar-refractivity contribution in [2.75, 3.05) is 26.2 Å². The number of nitrogens with two attached hydrogens (primary N) is 1. The number of aliphatic imine (C=N–C) groups is 1. The van der Waals surface area contributed by atoms with Gasteiger partial charge >= 0.3 is 0 Å². The average Bonchev–Trinajstić information content (AvgIpc) is 2.32. The van der Waals surface area contributed by atoms with Crippen molar-refractivity contribution in [3.05, 3.63) is 0 Å². The van der Waals surface area contributed by atoms with Gasteiger partial charge in [0.05, 0.1) is 6.54 Å². The third-order valence-electron chi connectivity index (χ3n) is 3.05. The number of nitrogens with one attached hydrogen (secondary N) is 2. The van der Waals surface area contributed by atoms with E-state index in [1.807, 2.05) is 0 Å². The molecule has 1 unspecified atom stereocenters. The second kappa shape index (κ2) is 9.80. The lowest BCUT2D eigenvalue weighted by molar-refractivity contribution is 0.270. The molecular weight excluding hydrogens is 405 g/mol. The van der Waals surface area contributed by atoms with Gasteiger partial charge in [0.25, 0.3) is 10.2 Å². The van der Waals surface area contributed by atoms with Crippen molar-refractivity contribution in [1.29, 1.82) is 0 Å². The Balaban J connectivity index is 0.00000400. The Labute approximate surface area is 145 Å². The van der Waals surface area contributed by atoms with Crippen LogP contribution in [0.25, 0.3) is 0 Å². The molecule has 0 radical (unpaired) electrons. The van der Waals surface area contributed by atoms with Gasteiger partial charge in [0.2, 0.25) is 0 Å². The van der Waals surface area contributed by atoms with E-state index in [4.69, 9.17) is 5.73 Å². The van der Waals surface area contributed by atoms with Crippen LogP contribution in [-0.4, -0.2) is 51.5 Å². The molecule has 1 atom stereocenters. The van der Waals surface area contributed by atoms with Crippen LogP contribution in [0.4, 0.5) is 0 Å². The highest BCUT2D eigenvalue weighted by Crippen LogP contribution is 2.14. The molecule has 4 N–H and O–H groups in total. The first-order chi connectivity index (χ1) is 9.30. The van der Waals surface area contributed by atoms with E-state index >= 15 is 0 Å². The predicted octanol–water partition coefficient (Wildman–Crippen LogP) is 0.483. The minimum atomic E-state index is -3.44. The molecule has 0 saturated carbocycles. The Morgan fingerprint density at radius 2 is 2.14 bits per heavy atom. The smallest absolute Gasteiger partial charge is 0.277 e. The first-order valence-electron chi connectivity index (χ1n) is 7.12. The molecule has 1 heterocycles. The topological polar surface area (TPSA) is 99.8 Å². The van der Waals surface area contributed by atoms with Crippen LogP contribution in [0.2, 0.25) is 0 Å². The molecule has 1 fully saturated rings. The largest absolute Gasteiger partial charge is 0.370 e. The van der Waals surface area contributed by atoms with E-state index in [0.29, 0.717) is 18.4 Å². The van der Waals surface area contributed by atoms with Crippen molar-refractivity contribution in [1.82, 2.24) is 14.3 Å². The van der Waals surface area contributed by atoms with Crippen LogP contribution in [-0.2, 0) is 10.2 Å². The van der Waals surface area contributed by atoms with Gasteiger partial charge in [-0.3, -0.25) is 4.99 Å². The Morgan fingerprint density at radius 3 is 2.71 bits per heavy atom. The second-order valence-electron chi connectivity index (χ2n) is 5.60. The summed E-state index contributed by atoms with van der Waals surface area (Å²) in [4.78, 5) is 6.29. The molecule has 1 saturated heterocycles. The molecule has 126 valence electrons. The monoisotopic (exact) mass is 433 g/mol. The summed E-state index contributed by atoms with van der Waals surface area (Å²) in [6.07, 6.45) is 2.35. The number of rotatable bonds is 6. The lowest BCUT2D eigenvalue weighted by Gasteiger charge is -2.31. The minimum absolute atomic E-state index is 0. The van der Waals surface area contributed by atoms with Gasteiger partial charge in [-0.15, -0.1) is 24.0 Å². The van der Waals surface area contributed by atoms with E-state index < -0.39 is 10.2 Å². The molecule has 0 aromatic heterocycles. The summed E-state index contributed by atoms with van der Waals surface area (Å²) in [5.74, 6) is 1.14.